The summed E-state index contributed by atoms with van der Waals surface area (Å²) in [5, 5.41) is 15.8. The monoisotopic (exact) mass is 452 g/mol. The Balaban J connectivity index is 1.36. The number of hydrogen-bond acceptors (Lipinski definition) is 8. The van der Waals surface area contributed by atoms with E-state index in [2.05, 4.69) is 20.7 Å². The first-order valence-electron chi connectivity index (χ1n) is 7.80. The molecule has 0 aliphatic heterocycles. The van der Waals surface area contributed by atoms with Crippen LogP contribution in [0.1, 0.15) is 16.1 Å². The number of thioether (sulfide) groups is 1. The van der Waals surface area contributed by atoms with Gasteiger partial charge in [0.1, 0.15) is 0 Å². The van der Waals surface area contributed by atoms with E-state index in [1.165, 1.54) is 35.4 Å². The molecule has 142 valence electrons. The van der Waals surface area contributed by atoms with Crippen LogP contribution < -0.4 is 5.32 Å². The van der Waals surface area contributed by atoms with Gasteiger partial charge in [0.05, 0.1) is 16.3 Å². The number of anilines is 1. The number of hydrogen-bond donors (Lipinski definition) is 1. The molecule has 11 heteroatoms. The van der Waals surface area contributed by atoms with Crippen molar-refractivity contribution in [3.63, 3.8) is 0 Å². The smallest absolute Gasteiger partial charge is 0.279 e. The Bertz CT molecular complexity index is 1110. The average molecular weight is 453 g/mol. The fourth-order valence-electron chi connectivity index (χ4n) is 2.17. The normalized spacial score (nSPS) is 10.9. The Morgan fingerprint density at radius 1 is 1.14 bits per heavy atom. The Morgan fingerprint density at radius 2 is 2.04 bits per heavy atom. The first-order valence-corrected chi connectivity index (χ1v) is 10.4. The number of nitrogens with zero attached hydrogens (tertiary/aromatic N) is 3. The highest BCUT2D eigenvalue weighted by molar-refractivity contribution is 8.00. The Morgan fingerprint density at radius 3 is 2.82 bits per heavy atom. The van der Waals surface area contributed by atoms with E-state index >= 15 is 0 Å². The summed E-state index contributed by atoms with van der Waals surface area (Å²) >= 11 is 14.7. The van der Waals surface area contributed by atoms with Crippen LogP contribution in [0, 0.1) is 0 Å². The lowest BCUT2D eigenvalue weighted by Gasteiger charge is -2.01. The Labute approximate surface area is 177 Å². The summed E-state index contributed by atoms with van der Waals surface area (Å²) in [4.78, 5) is 12.3. The molecule has 4 aromatic rings. The molecule has 7 nitrogen and oxygen atoms in total. The van der Waals surface area contributed by atoms with Crippen LogP contribution in [0.4, 0.5) is 5.13 Å². The van der Waals surface area contributed by atoms with Crippen molar-refractivity contribution in [1.82, 2.24) is 15.4 Å². The van der Waals surface area contributed by atoms with Gasteiger partial charge in [-0.25, -0.2) is 0 Å². The number of amides is 1. The molecule has 3 heterocycles. The van der Waals surface area contributed by atoms with Crippen molar-refractivity contribution >= 4 is 57.3 Å². The molecule has 0 bridgehead atoms. The van der Waals surface area contributed by atoms with Crippen molar-refractivity contribution in [3.05, 3.63) is 64.0 Å². The standard InChI is InChI=1S/C17H10Cl2N4O3S2/c18-10-4-3-9(6-11(10)19)8-27-17-22-21-16(28-17)20-15(24)12-7-14(26-23-12)13-2-1-5-25-13/h1-7H,8H2,(H,20,21,24). The maximum Gasteiger partial charge on any atom is 0.279 e. The van der Waals surface area contributed by atoms with Crippen molar-refractivity contribution in [2.45, 2.75) is 10.1 Å². The molecule has 0 aliphatic rings. The fourth-order valence-corrected chi connectivity index (χ4v) is 4.18. The molecule has 0 aliphatic carbocycles. The van der Waals surface area contributed by atoms with Gasteiger partial charge in [-0.2, -0.15) is 0 Å². The van der Waals surface area contributed by atoms with Gasteiger partial charge in [0.15, 0.2) is 15.8 Å². The van der Waals surface area contributed by atoms with Gasteiger partial charge in [-0.05, 0) is 29.8 Å². The van der Waals surface area contributed by atoms with E-state index < -0.39 is 5.91 Å². The predicted molar refractivity (Wildman–Crippen MR) is 108 cm³/mol. The molecule has 0 fully saturated rings. The van der Waals surface area contributed by atoms with Gasteiger partial charge in [-0.3, -0.25) is 10.1 Å². The number of benzene rings is 1. The zero-order valence-corrected chi connectivity index (χ0v) is 17.0. The molecular formula is C17H10Cl2N4O3S2. The largest absolute Gasteiger partial charge is 0.461 e. The molecule has 4 rings (SSSR count). The minimum atomic E-state index is -0.446. The van der Waals surface area contributed by atoms with Crippen LogP contribution in [-0.4, -0.2) is 21.3 Å². The summed E-state index contributed by atoms with van der Waals surface area (Å²) in [6.07, 6.45) is 1.51. The number of halogens is 2. The molecule has 0 saturated carbocycles. The third-order valence-corrected chi connectivity index (χ3v) is 6.26. The Hall–Kier alpha value is -2.33. The van der Waals surface area contributed by atoms with Crippen LogP contribution in [0.2, 0.25) is 10.0 Å². The number of aromatic nitrogens is 3. The number of furan rings is 1. The fraction of sp³-hybridized carbons (Fsp3) is 0.0588. The lowest BCUT2D eigenvalue weighted by molar-refractivity contribution is 0.101. The second kappa shape index (κ2) is 8.36. The van der Waals surface area contributed by atoms with Gasteiger partial charge in [-0.15, -0.1) is 10.2 Å². The van der Waals surface area contributed by atoms with E-state index in [0.717, 1.165) is 5.56 Å². The third-order valence-electron chi connectivity index (χ3n) is 3.48. The van der Waals surface area contributed by atoms with E-state index in [1.54, 1.807) is 18.2 Å². The van der Waals surface area contributed by atoms with Gasteiger partial charge in [0.25, 0.3) is 5.91 Å². The summed E-state index contributed by atoms with van der Waals surface area (Å²) < 4.78 is 11.0. The van der Waals surface area contributed by atoms with Crippen LogP contribution >= 0.6 is 46.3 Å². The number of rotatable bonds is 6. The summed E-state index contributed by atoms with van der Waals surface area (Å²) in [5.41, 5.74) is 1.12. The maximum atomic E-state index is 12.3. The highest BCUT2D eigenvalue weighted by Crippen LogP contribution is 2.31. The van der Waals surface area contributed by atoms with Crippen LogP contribution in [0.25, 0.3) is 11.5 Å². The summed E-state index contributed by atoms with van der Waals surface area (Å²) in [6.45, 7) is 0. The first kappa shape index (κ1) is 19.0. The first-order chi connectivity index (χ1) is 13.6. The molecule has 1 N–H and O–H groups in total. The van der Waals surface area contributed by atoms with Gasteiger partial charge in [-0.1, -0.05) is 57.5 Å². The Kier molecular flexibility index (Phi) is 5.67. The summed E-state index contributed by atoms with van der Waals surface area (Å²) in [7, 11) is 0. The number of carbonyl (C=O) groups is 1. The van der Waals surface area contributed by atoms with Crippen LogP contribution in [0.5, 0.6) is 0 Å². The highest BCUT2D eigenvalue weighted by atomic mass is 35.5. The van der Waals surface area contributed by atoms with E-state index in [0.29, 0.717) is 36.8 Å². The molecule has 0 radical (unpaired) electrons. The topological polar surface area (TPSA) is 94.1 Å². The van der Waals surface area contributed by atoms with Crippen molar-refractivity contribution in [3.8, 4) is 11.5 Å². The lowest BCUT2D eigenvalue weighted by Crippen LogP contribution is -2.11. The molecule has 1 aromatic carbocycles. The summed E-state index contributed by atoms with van der Waals surface area (Å²) in [5.74, 6) is 1.06. The zero-order valence-electron chi connectivity index (χ0n) is 13.9. The van der Waals surface area contributed by atoms with Crippen molar-refractivity contribution < 1.29 is 13.7 Å². The molecular weight excluding hydrogens is 443 g/mol. The van der Waals surface area contributed by atoms with Crippen LogP contribution in [0.15, 0.2) is 55.9 Å². The zero-order chi connectivity index (χ0) is 19.5. The van der Waals surface area contributed by atoms with E-state index in [4.69, 9.17) is 32.1 Å². The van der Waals surface area contributed by atoms with E-state index in [9.17, 15) is 4.79 Å². The van der Waals surface area contributed by atoms with Crippen LogP contribution in [0.3, 0.4) is 0 Å². The second-order valence-electron chi connectivity index (χ2n) is 5.42. The third kappa shape index (κ3) is 4.39. The quantitative estimate of drug-likeness (QED) is 0.298. The van der Waals surface area contributed by atoms with Gasteiger partial charge >= 0.3 is 0 Å². The molecule has 0 spiro atoms. The van der Waals surface area contributed by atoms with Gasteiger partial charge in [0, 0.05) is 11.8 Å². The molecule has 28 heavy (non-hydrogen) atoms. The van der Waals surface area contributed by atoms with Crippen molar-refractivity contribution in [1.29, 1.82) is 0 Å². The average Bonchev–Trinajstić information content (AvgIpc) is 3.44. The molecule has 1 amide bonds. The second-order valence-corrected chi connectivity index (χ2v) is 8.43. The van der Waals surface area contributed by atoms with E-state index in [1.807, 2.05) is 12.1 Å². The molecule has 0 saturated heterocycles. The molecule has 0 atom stereocenters. The molecule has 3 aromatic heterocycles. The number of carbonyl (C=O) groups excluding carboxylic acids is 1. The minimum Gasteiger partial charge on any atom is -0.461 e. The van der Waals surface area contributed by atoms with E-state index in [-0.39, 0.29) is 5.69 Å². The van der Waals surface area contributed by atoms with Crippen molar-refractivity contribution in [2.75, 3.05) is 5.32 Å². The van der Waals surface area contributed by atoms with Gasteiger partial charge in [0.2, 0.25) is 10.9 Å². The lowest BCUT2D eigenvalue weighted by atomic mass is 10.2. The predicted octanol–water partition coefficient (Wildman–Crippen LogP) is 5.64. The SMILES string of the molecule is O=C(Nc1nnc(SCc2ccc(Cl)c(Cl)c2)s1)c1cc(-c2ccco2)on1. The van der Waals surface area contributed by atoms with Gasteiger partial charge < -0.3 is 8.94 Å². The highest BCUT2D eigenvalue weighted by Gasteiger charge is 2.17. The molecule has 0 unspecified atom stereocenters. The summed E-state index contributed by atoms with van der Waals surface area (Å²) in [6, 6.07) is 10.4. The van der Waals surface area contributed by atoms with Crippen LogP contribution in [-0.2, 0) is 5.75 Å². The number of nitrogens with one attached hydrogen (secondary N) is 1. The van der Waals surface area contributed by atoms with Crippen molar-refractivity contribution in [2.24, 2.45) is 0 Å². The maximum absolute atomic E-state index is 12.3. The minimum absolute atomic E-state index is 0.117.